The molecule has 1 aromatic rings. The van der Waals surface area contributed by atoms with Crippen LogP contribution in [0.5, 0.6) is 0 Å². The Morgan fingerprint density at radius 2 is 2.16 bits per heavy atom. The molecule has 7 nitrogen and oxygen atoms in total. The molecule has 0 fully saturated rings. The summed E-state index contributed by atoms with van der Waals surface area (Å²) in [6.07, 6.45) is 2.22. The van der Waals surface area contributed by atoms with Gasteiger partial charge in [-0.15, -0.1) is 11.3 Å². The van der Waals surface area contributed by atoms with Gasteiger partial charge in [0.05, 0.1) is 10.6 Å². The van der Waals surface area contributed by atoms with Gasteiger partial charge >= 0.3 is 5.97 Å². The number of carboxylic acid groups (broad SMARTS) is 1. The molecule has 0 unspecified atom stereocenters. The number of carbonyl (C=O) groups excluding carboxylic acids is 1. The Morgan fingerprint density at radius 1 is 1.47 bits per heavy atom. The molecule has 0 aliphatic carbocycles. The highest BCUT2D eigenvalue weighted by Crippen LogP contribution is 2.18. The lowest BCUT2D eigenvalue weighted by molar-refractivity contribution is -0.131. The van der Waals surface area contributed by atoms with Gasteiger partial charge < -0.3 is 10.4 Å². The topological polar surface area (TPSA) is 127 Å². The fourth-order valence-corrected chi connectivity index (χ4v) is 2.37. The van der Waals surface area contributed by atoms with Gasteiger partial charge in [-0.05, 0) is 23.1 Å². The number of hydrogen-bond donors (Lipinski definition) is 3. The SMILES string of the molecule is NS(=O)(=O)CCNC(=O)c1sccc1C=CC(=O)O. The van der Waals surface area contributed by atoms with Gasteiger partial charge in [0, 0.05) is 12.6 Å². The Kier molecular flexibility index (Phi) is 5.21. The van der Waals surface area contributed by atoms with E-state index in [4.69, 9.17) is 10.2 Å². The van der Waals surface area contributed by atoms with E-state index >= 15 is 0 Å². The summed E-state index contributed by atoms with van der Waals surface area (Å²) < 4.78 is 21.4. The molecule has 0 atom stereocenters. The Hall–Kier alpha value is -1.71. The summed E-state index contributed by atoms with van der Waals surface area (Å²) in [6, 6.07) is 1.60. The Balaban J connectivity index is 2.68. The third-order valence-corrected chi connectivity index (χ3v) is 3.68. The molecule has 1 aromatic heterocycles. The Morgan fingerprint density at radius 3 is 2.74 bits per heavy atom. The van der Waals surface area contributed by atoms with Gasteiger partial charge in [0.2, 0.25) is 10.0 Å². The van der Waals surface area contributed by atoms with Crippen molar-refractivity contribution in [3.05, 3.63) is 28.0 Å². The number of rotatable bonds is 6. The van der Waals surface area contributed by atoms with Crippen LogP contribution in [0.15, 0.2) is 17.5 Å². The number of amides is 1. The van der Waals surface area contributed by atoms with Crippen molar-refractivity contribution < 1.29 is 23.1 Å². The maximum Gasteiger partial charge on any atom is 0.328 e. The maximum absolute atomic E-state index is 11.7. The molecular formula is C10H12N2O5S2. The first-order valence-electron chi connectivity index (χ1n) is 5.07. The Bertz CT molecular complexity index is 603. The highest BCUT2D eigenvalue weighted by atomic mass is 32.2. The highest BCUT2D eigenvalue weighted by molar-refractivity contribution is 7.89. The van der Waals surface area contributed by atoms with E-state index in [1.54, 1.807) is 11.4 Å². The molecule has 0 spiro atoms. The van der Waals surface area contributed by atoms with Crippen molar-refractivity contribution in [3.63, 3.8) is 0 Å². The van der Waals surface area contributed by atoms with Crippen LogP contribution in [0.2, 0.25) is 0 Å². The molecule has 0 bridgehead atoms. The number of aliphatic carboxylic acids is 1. The summed E-state index contributed by atoms with van der Waals surface area (Å²) >= 11 is 1.13. The zero-order valence-electron chi connectivity index (χ0n) is 9.70. The summed E-state index contributed by atoms with van der Waals surface area (Å²) in [5, 5.41) is 17.3. The summed E-state index contributed by atoms with van der Waals surface area (Å²) in [7, 11) is -3.62. The second-order valence-corrected chi connectivity index (χ2v) is 6.15. The highest BCUT2D eigenvalue weighted by Gasteiger charge is 2.12. The van der Waals surface area contributed by atoms with Crippen LogP contribution in [0.1, 0.15) is 15.2 Å². The molecular weight excluding hydrogens is 292 g/mol. The third-order valence-electron chi connectivity index (χ3n) is 1.98. The van der Waals surface area contributed by atoms with E-state index in [-0.39, 0.29) is 12.3 Å². The lowest BCUT2D eigenvalue weighted by atomic mass is 10.2. The zero-order valence-corrected chi connectivity index (χ0v) is 11.3. The molecule has 0 aliphatic heterocycles. The number of nitrogens with one attached hydrogen (secondary N) is 1. The van der Waals surface area contributed by atoms with Crippen LogP contribution in [-0.4, -0.2) is 37.7 Å². The summed E-state index contributed by atoms with van der Waals surface area (Å²) in [5.41, 5.74) is 0.459. The molecule has 1 heterocycles. The molecule has 1 amide bonds. The fourth-order valence-electron chi connectivity index (χ4n) is 1.18. The van der Waals surface area contributed by atoms with Gasteiger partial charge in [-0.1, -0.05) is 0 Å². The zero-order chi connectivity index (χ0) is 14.5. The van der Waals surface area contributed by atoms with Crippen LogP contribution in [0, 0.1) is 0 Å². The molecule has 0 saturated carbocycles. The van der Waals surface area contributed by atoms with E-state index in [0.29, 0.717) is 10.4 Å². The van der Waals surface area contributed by atoms with Crippen LogP contribution < -0.4 is 10.5 Å². The summed E-state index contributed by atoms with van der Waals surface area (Å²) in [4.78, 5) is 22.4. The quantitative estimate of drug-likeness (QED) is 0.631. The molecule has 0 aromatic carbocycles. The molecule has 1 rings (SSSR count). The van der Waals surface area contributed by atoms with Gasteiger partial charge in [-0.25, -0.2) is 18.4 Å². The number of carbonyl (C=O) groups is 2. The number of thiophene rings is 1. The van der Waals surface area contributed by atoms with Gasteiger partial charge in [-0.2, -0.15) is 0 Å². The van der Waals surface area contributed by atoms with Crippen molar-refractivity contribution in [3.8, 4) is 0 Å². The van der Waals surface area contributed by atoms with Crippen molar-refractivity contribution in [2.24, 2.45) is 5.14 Å². The average Bonchev–Trinajstić information content (AvgIpc) is 2.72. The maximum atomic E-state index is 11.7. The number of carboxylic acids is 1. The van der Waals surface area contributed by atoms with E-state index in [2.05, 4.69) is 5.32 Å². The Labute approximate surface area is 113 Å². The number of primary sulfonamides is 1. The van der Waals surface area contributed by atoms with Crippen molar-refractivity contribution in [1.29, 1.82) is 0 Å². The van der Waals surface area contributed by atoms with Crippen LogP contribution in [0.4, 0.5) is 0 Å². The normalized spacial score (nSPS) is 11.6. The van der Waals surface area contributed by atoms with Crippen LogP contribution in [0.25, 0.3) is 6.08 Å². The molecule has 4 N–H and O–H groups in total. The molecule has 0 saturated heterocycles. The van der Waals surface area contributed by atoms with Gasteiger partial charge in [0.15, 0.2) is 0 Å². The fraction of sp³-hybridized carbons (Fsp3) is 0.200. The number of nitrogens with two attached hydrogens (primary N) is 1. The largest absolute Gasteiger partial charge is 0.478 e. The lowest BCUT2D eigenvalue weighted by Gasteiger charge is -2.03. The van der Waals surface area contributed by atoms with E-state index in [9.17, 15) is 18.0 Å². The van der Waals surface area contributed by atoms with Gasteiger partial charge in [-0.3, -0.25) is 4.79 Å². The average molecular weight is 304 g/mol. The predicted molar refractivity (Wildman–Crippen MR) is 71.3 cm³/mol. The van der Waals surface area contributed by atoms with E-state index in [1.807, 2.05) is 0 Å². The first kappa shape index (κ1) is 15.3. The minimum absolute atomic E-state index is 0.0996. The molecule has 104 valence electrons. The first-order chi connectivity index (χ1) is 8.79. The number of sulfonamides is 1. The number of hydrogen-bond acceptors (Lipinski definition) is 5. The van der Waals surface area contributed by atoms with Crippen molar-refractivity contribution >= 4 is 39.3 Å². The van der Waals surface area contributed by atoms with Gasteiger partial charge in [0.25, 0.3) is 5.91 Å². The molecule has 0 aliphatic rings. The van der Waals surface area contributed by atoms with Crippen LogP contribution in [-0.2, 0) is 14.8 Å². The second-order valence-electron chi connectivity index (χ2n) is 3.50. The van der Waals surface area contributed by atoms with Crippen molar-refractivity contribution in [2.75, 3.05) is 12.3 Å². The lowest BCUT2D eigenvalue weighted by Crippen LogP contribution is -2.31. The third kappa shape index (κ3) is 5.64. The minimum Gasteiger partial charge on any atom is -0.478 e. The van der Waals surface area contributed by atoms with Crippen molar-refractivity contribution in [1.82, 2.24) is 5.32 Å². The minimum atomic E-state index is -3.62. The molecule has 19 heavy (non-hydrogen) atoms. The summed E-state index contributed by atoms with van der Waals surface area (Å²) in [6.45, 7) is -0.0996. The monoisotopic (exact) mass is 304 g/mol. The van der Waals surface area contributed by atoms with E-state index < -0.39 is 21.9 Å². The van der Waals surface area contributed by atoms with Gasteiger partial charge in [0.1, 0.15) is 0 Å². The van der Waals surface area contributed by atoms with Crippen molar-refractivity contribution in [2.45, 2.75) is 0 Å². The first-order valence-corrected chi connectivity index (χ1v) is 7.66. The predicted octanol–water partition coefficient (Wildman–Crippen LogP) is -0.136. The van der Waals surface area contributed by atoms with E-state index in [1.165, 1.54) is 6.08 Å². The standard InChI is InChI=1S/C10H12N2O5S2/c11-19(16,17)6-4-12-10(15)9-7(3-5-18-9)1-2-8(13)14/h1-3,5H,4,6H2,(H,12,15)(H,13,14)(H2,11,16,17). The molecule has 9 heteroatoms. The smallest absolute Gasteiger partial charge is 0.328 e. The summed E-state index contributed by atoms with van der Waals surface area (Å²) in [5.74, 6) is -1.94. The second kappa shape index (κ2) is 6.45. The molecule has 0 radical (unpaired) electrons. The van der Waals surface area contributed by atoms with Crippen LogP contribution >= 0.6 is 11.3 Å². The van der Waals surface area contributed by atoms with Crippen LogP contribution in [0.3, 0.4) is 0 Å². The van der Waals surface area contributed by atoms with E-state index in [0.717, 1.165) is 17.4 Å².